The number of anilines is 1. The molecule has 7 heteroatoms. The van der Waals surface area contributed by atoms with Crippen LogP contribution in [0.2, 0.25) is 0 Å². The number of nitrogens with zero attached hydrogens (tertiary/aromatic N) is 3. The molecule has 1 aromatic rings. The lowest BCUT2D eigenvalue weighted by Gasteiger charge is -2.34. The van der Waals surface area contributed by atoms with Crippen LogP contribution in [0.3, 0.4) is 0 Å². The summed E-state index contributed by atoms with van der Waals surface area (Å²) in [5, 5.41) is 4.96. The monoisotopic (exact) mass is 305 g/mol. The number of urea groups is 1. The third-order valence-corrected chi connectivity index (χ3v) is 4.07. The van der Waals surface area contributed by atoms with E-state index in [4.69, 9.17) is 4.74 Å². The van der Waals surface area contributed by atoms with Crippen molar-refractivity contribution in [1.82, 2.24) is 20.7 Å². The zero-order valence-corrected chi connectivity index (χ0v) is 12.7. The van der Waals surface area contributed by atoms with Gasteiger partial charge < -0.3 is 15.0 Å². The summed E-state index contributed by atoms with van der Waals surface area (Å²) in [6, 6.07) is 6.06. The van der Waals surface area contributed by atoms with Gasteiger partial charge in [0.1, 0.15) is 5.82 Å². The van der Waals surface area contributed by atoms with Crippen molar-refractivity contribution in [2.45, 2.75) is 18.9 Å². The van der Waals surface area contributed by atoms with Crippen LogP contribution >= 0.6 is 0 Å². The van der Waals surface area contributed by atoms with Crippen molar-refractivity contribution in [3.05, 3.63) is 24.4 Å². The fourth-order valence-electron chi connectivity index (χ4n) is 2.83. The molecular weight excluding hydrogens is 282 g/mol. The molecule has 0 aromatic carbocycles. The van der Waals surface area contributed by atoms with Crippen LogP contribution in [-0.2, 0) is 4.74 Å². The number of hydrazine groups is 1. The van der Waals surface area contributed by atoms with E-state index in [9.17, 15) is 4.79 Å². The minimum absolute atomic E-state index is 0.113. The fraction of sp³-hybridized carbons (Fsp3) is 0.600. The van der Waals surface area contributed by atoms with Gasteiger partial charge in [0, 0.05) is 38.4 Å². The number of rotatable bonds is 3. The van der Waals surface area contributed by atoms with E-state index in [0.29, 0.717) is 13.2 Å². The zero-order chi connectivity index (χ0) is 15.2. The summed E-state index contributed by atoms with van der Waals surface area (Å²) in [4.78, 5) is 18.6. The lowest BCUT2D eigenvalue weighted by molar-refractivity contribution is 0.0192. The Bertz CT molecular complexity index is 470. The first kappa shape index (κ1) is 15.1. The van der Waals surface area contributed by atoms with Gasteiger partial charge in [-0.1, -0.05) is 6.07 Å². The maximum absolute atomic E-state index is 12.0. The topological polar surface area (TPSA) is 69.7 Å². The maximum atomic E-state index is 12.0. The van der Waals surface area contributed by atoms with Crippen molar-refractivity contribution in [1.29, 1.82) is 0 Å². The predicted octanol–water partition coefficient (Wildman–Crippen LogP) is 0.597. The first-order valence-electron chi connectivity index (χ1n) is 7.87. The van der Waals surface area contributed by atoms with Crippen LogP contribution in [-0.4, -0.2) is 61.5 Å². The molecule has 3 heterocycles. The Kier molecular flexibility index (Phi) is 5.07. The van der Waals surface area contributed by atoms with E-state index in [0.717, 1.165) is 44.8 Å². The van der Waals surface area contributed by atoms with Crippen LogP contribution in [0.1, 0.15) is 12.8 Å². The second kappa shape index (κ2) is 7.42. The number of ether oxygens (including phenoxy) is 1. The fourth-order valence-corrected chi connectivity index (χ4v) is 2.83. The SMILES string of the molecule is O=C(NC1CCN(c2ccccn2)CC1)NN1CCOCC1. The zero-order valence-electron chi connectivity index (χ0n) is 12.7. The summed E-state index contributed by atoms with van der Waals surface area (Å²) < 4.78 is 5.26. The summed E-state index contributed by atoms with van der Waals surface area (Å²) in [6.07, 6.45) is 3.69. The molecule has 0 spiro atoms. The highest BCUT2D eigenvalue weighted by atomic mass is 16.5. The highest BCUT2D eigenvalue weighted by Crippen LogP contribution is 2.17. The first-order chi connectivity index (χ1) is 10.8. The van der Waals surface area contributed by atoms with Crippen LogP contribution in [0.15, 0.2) is 24.4 Å². The number of carbonyl (C=O) groups excluding carboxylic acids is 1. The number of nitrogens with one attached hydrogen (secondary N) is 2. The highest BCUT2D eigenvalue weighted by molar-refractivity contribution is 5.73. The average molecular weight is 305 g/mol. The number of hydrogen-bond donors (Lipinski definition) is 2. The lowest BCUT2D eigenvalue weighted by Crippen LogP contribution is -2.55. The van der Waals surface area contributed by atoms with Gasteiger partial charge in [-0.3, -0.25) is 5.43 Å². The Morgan fingerprint density at radius 2 is 1.95 bits per heavy atom. The van der Waals surface area contributed by atoms with Crippen molar-refractivity contribution in [2.75, 3.05) is 44.3 Å². The second-order valence-electron chi connectivity index (χ2n) is 5.63. The molecule has 2 aliphatic rings. The van der Waals surface area contributed by atoms with E-state index < -0.39 is 0 Å². The van der Waals surface area contributed by atoms with Crippen LogP contribution in [0.4, 0.5) is 10.6 Å². The molecule has 2 fully saturated rings. The Labute approximate surface area is 130 Å². The molecule has 0 atom stereocenters. The molecule has 3 rings (SSSR count). The maximum Gasteiger partial charge on any atom is 0.329 e. The molecule has 1 aromatic heterocycles. The Morgan fingerprint density at radius 1 is 1.18 bits per heavy atom. The van der Waals surface area contributed by atoms with Gasteiger partial charge in [-0.05, 0) is 25.0 Å². The quantitative estimate of drug-likeness (QED) is 0.856. The molecule has 120 valence electrons. The third-order valence-electron chi connectivity index (χ3n) is 4.07. The van der Waals surface area contributed by atoms with Gasteiger partial charge in [-0.2, -0.15) is 0 Å². The van der Waals surface area contributed by atoms with E-state index in [1.54, 1.807) is 0 Å². The van der Waals surface area contributed by atoms with E-state index >= 15 is 0 Å². The normalized spacial score (nSPS) is 20.6. The largest absolute Gasteiger partial charge is 0.379 e. The average Bonchev–Trinajstić information content (AvgIpc) is 2.57. The summed E-state index contributed by atoms with van der Waals surface area (Å²) in [5.74, 6) is 1.01. The molecular formula is C15H23N5O2. The molecule has 2 saturated heterocycles. The van der Waals surface area contributed by atoms with Gasteiger partial charge in [0.05, 0.1) is 13.2 Å². The molecule has 2 N–H and O–H groups in total. The number of aromatic nitrogens is 1. The molecule has 7 nitrogen and oxygen atoms in total. The molecule has 0 bridgehead atoms. The third kappa shape index (κ3) is 4.08. The van der Waals surface area contributed by atoms with E-state index in [1.165, 1.54) is 0 Å². The number of carbonyl (C=O) groups is 1. The Morgan fingerprint density at radius 3 is 2.64 bits per heavy atom. The van der Waals surface area contributed by atoms with Crippen LogP contribution in [0, 0.1) is 0 Å². The summed E-state index contributed by atoms with van der Waals surface area (Å²) in [5.41, 5.74) is 2.89. The smallest absolute Gasteiger partial charge is 0.329 e. The van der Waals surface area contributed by atoms with Crippen LogP contribution in [0.25, 0.3) is 0 Å². The minimum Gasteiger partial charge on any atom is -0.379 e. The first-order valence-corrected chi connectivity index (χ1v) is 7.87. The van der Waals surface area contributed by atoms with Crippen molar-refractivity contribution in [2.24, 2.45) is 0 Å². The van der Waals surface area contributed by atoms with Crippen molar-refractivity contribution < 1.29 is 9.53 Å². The number of piperidine rings is 1. The number of morpholine rings is 1. The number of hydrogen-bond acceptors (Lipinski definition) is 5. The highest BCUT2D eigenvalue weighted by Gasteiger charge is 2.22. The van der Waals surface area contributed by atoms with E-state index in [1.807, 2.05) is 29.4 Å². The molecule has 0 unspecified atom stereocenters. The van der Waals surface area contributed by atoms with Gasteiger partial charge >= 0.3 is 6.03 Å². The van der Waals surface area contributed by atoms with Crippen molar-refractivity contribution in [3.8, 4) is 0 Å². The molecule has 0 aliphatic carbocycles. The number of pyridine rings is 1. The molecule has 22 heavy (non-hydrogen) atoms. The second-order valence-corrected chi connectivity index (χ2v) is 5.63. The summed E-state index contributed by atoms with van der Waals surface area (Å²) in [6.45, 7) is 4.65. The molecule has 0 radical (unpaired) electrons. The lowest BCUT2D eigenvalue weighted by atomic mass is 10.1. The molecule has 2 amide bonds. The van der Waals surface area contributed by atoms with Crippen molar-refractivity contribution >= 4 is 11.8 Å². The summed E-state index contributed by atoms with van der Waals surface area (Å²) in [7, 11) is 0. The van der Waals surface area contributed by atoms with Gasteiger partial charge in [0.15, 0.2) is 0 Å². The standard InChI is InChI=1S/C15H23N5O2/c21-15(18-20-9-11-22-12-10-20)17-13-4-7-19(8-5-13)14-3-1-2-6-16-14/h1-3,6,13H,4-5,7-12H2,(H2,17,18,21). The van der Waals surface area contributed by atoms with Crippen LogP contribution < -0.4 is 15.6 Å². The number of amides is 2. The Balaban J connectivity index is 1.41. The van der Waals surface area contributed by atoms with Gasteiger partial charge in [0.25, 0.3) is 0 Å². The van der Waals surface area contributed by atoms with Crippen molar-refractivity contribution in [3.63, 3.8) is 0 Å². The molecule has 2 aliphatic heterocycles. The van der Waals surface area contributed by atoms with Gasteiger partial charge in [-0.25, -0.2) is 14.8 Å². The minimum atomic E-state index is -0.113. The van der Waals surface area contributed by atoms with E-state index in [2.05, 4.69) is 20.6 Å². The predicted molar refractivity (Wildman–Crippen MR) is 83.5 cm³/mol. The van der Waals surface area contributed by atoms with Gasteiger partial charge in [-0.15, -0.1) is 0 Å². The van der Waals surface area contributed by atoms with Crippen LogP contribution in [0.5, 0.6) is 0 Å². The van der Waals surface area contributed by atoms with E-state index in [-0.39, 0.29) is 12.1 Å². The Hall–Kier alpha value is -1.86. The van der Waals surface area contributed by atoms with Gasteiger partial charge in [0.2, 0.25) is 0 Å². The summed E-state index contributed by atoms with van der Waals surface area (Å²) >= 11 is 0. The molecule has 0 saturated carbocycles.